The zero-order valence-corrected chi connectivity index (χ0v) is 12.8. The highest BCUT2D eigenvalue weighted by molar-refractivity contribution is 5.08. The Hall–Kier alpha value is -1.12. The van der Waals surface area contributed by atoms with E-state index < -0.39 is 0 Å². The van der Waals surface area contributed by atoms with Crippen LogP contribution in [0, 0.1) is 0 Å². The van der Waals surface area contributed by atoms with Crippen molar-refractivity contribution in [2.24, 2.45) is 0 Å². The van der Waals surface area contributed by atoms with Crippen molar-refractivity contribution in [3.63, 3.8) is 0 Å². The molecule has 1 fully saturated rings. The van der Waals surface area contributed by atoms with Crippen LogP contribution in [0.25, 0.3) is 0 Å². The van der Waals surface area contributed by atoms with Crippen LogP contribution in [-0.2, 0) is 0 Å². The second-order valence-corrected chi connectivity index (χ2v) is 5.36. The molecular weight excluding hydrogens is 246 g/mol. The highest BCUT2D eigenvalue weighted by Crippen LogP contribution is 2.14. The van der Waals surface area contributed by atoms with Crippen molar-refractivity contribution in [3.8, 4) is 0 Å². The van der Waals surface area contributed by atoms with Crippen LogP contribution in [0.4, 0.5) is 0 Å². The van der Waals surface area contributed by atoms with Crippen LogP contribution in [0.5, 0.6) is 0 Å². The molecule has 0 aliphatic carbocycles. The topological polar surface area (TPSA) is 32.3 Å². The normalized spacial score (nSPS) is 28.4. The summed E-state index contributed by atoms with van der Waals surface area (Å²) in [7, 11) is 0. The number of aliphatic hydroxyl groups is 1. The Morgan fingerprint density at radius 2 is 1.65 bits per heavy atom. The first-order valence-electron chi connectivity index (χ1n) is 7.83. The number of hydrogen-bond donors (Lipinski definition) is 2. The Bertz CT molecular complexity index is 354. The fraction of sp³-hybridized carbons (Fsp3) is 0.556. The SMILES string of the molecule is CC/C=C/C=C/CC/C=C/C=C/C1CC[C@@H](O)[C@H](C)N1. The Morgan fingerprint density at radius 3 is 2.30 bits per heavy atom. The summed E-state index contributed by atoms with van der Waals surface area (Å²) in [6.45, 7) is 4.18. The molecule has 0 aromatic rings. The summed E-state index contributed by atoms with van der Waals surface area (Å²) in [5.74, 6) is 0. The van der Waals surface area contributed by atoms with E-state index in [0.717, 1.165) is 32.1 Å². The van der Waals surface area contributed by atoms with Crippen LogP contribution in [0.3, 0.4) is 0 Å². The lowest BCUT2D eigenvalue weighted by atomic mass is 9.96. The minimum Gasteiger partial charge on any atom is -0.392 e. The Morgan fingerprint density at radius 1 is 1.00 bits per heavy atom. The van der Waals surface area contributed by atoms with Gasteiger partial charge in [0, 0.05) is 12.1 Å². The number of aliphatic hydroxyl groups excluding tert-OH is 1. The van der Waals surface area contributed by atoms with Gasteiger partial charge in [0.2, 0.25) is 0 Å². The summed E-state index contributed by atoms with van der Waals surface area (Å²) in [6, 6.07) is 0.598. The quantitative estimate of drug-likeness (QED) is 0.545. The summed E-state index contributed by atoms with van der Waals surface area (Å²) >= 11 is 0. The van der Waals surface area contributed by atoms with Crippen molar-refractivity contribution in [3.05, 3.63) is 48.6 Å². The molecule has 112 valence electrons. The molecule has 0 spiro atoms. The maximum Gasteiger partial charge on any atom is 0.0691 e. The lowest BCUT2D eigenvalue weighted by molar-refractivity contribution is 0.0943. The first-order chi connectivity index (χ1) is 9.74. The molecule has 20 heavy (non-hydrogen) atoms. The van der Waals surface area contributed by atoms with E-state index in [4.69, 9.17) is 0 Å². The average Bonchev–Trinajstić information content (AvgIpc) is 2.45. The van der Waals surface area contributed by atoms with Crippen molar-refractivity contribution >= 4 is 0 Å². The van der Waals surface area contributed by atoms with Crippen LogP contribution in [0.1, 0.15) is 46.0 Å². The van der Waals surface area contributed by atoms with Gasteiger partial charge in [0.25, 0.3) is 0 Å². The van der Waals surface area contributed by atoms with Crippen molar-refractivity contribution in [1.82, 2.24) is 5.32 Å². The van der Waals surface area contributed by atoms with E-state index in [2.05, 4.69) is 60.8 Å². The molecule has 1 aliphatic heterocycles. The van der Waals surface area contributed by atoms with Gasteiger partial charge in [-0.25, -0.2) is 0 Å². The van der Waals surface area contributed by atoms with Crippen LogP contribution in [0.2, 0.25) is 0 Å². The first kappa shape index (κ1) is 16.9. The minimum absolute atomic E-state index is 0.191. The predicted octanol–water partition coefficient (Wildman–Crippen LogP) is 3.90. The molecule has 0 aromatic carbocycles. The van der Waals surface area contributed by atoms with Crippen LogP contribution in [0.15, 0.2) is 48.6 Å². The fourth-order valence-corrected chi connectivity index (χ4v) is 2.24. The van der Waals surface area contributed by atoms with E-state index >= 15 is 0 Å². The van der Waals surface area contributed by atoms with Crippen LogP contribution in [-0.4, -0.2) is 23.3 Å². The second-order valence-electron chi connectivity index (χ2n) is 5.36. The van der Waals surface area contributed by atoms with E-state index in [1.54, 1.807) is 0 Å². The van der Waals surface area contributed by atoms with Crippen molar-refractivity contribution in [2.75, 3.05) is 0 Å². The third kappa shape index (κ3) is 7.46. The molecular formula is C18H29NO. The third-order valence-electron chi connectivity index (χ3n) is 3.54. The molecule has 2 N–H and O–H groups in total. The molecule has 0 aromatic heterocycles. The lowest BCUT2D eigenvalue weighted by Crippen LogP contribution is -2.47. The zero-order valence-electron chi connectivity index (χ0n) is 12.8. The zero-order chi connectivity index (χ0) is 14.6. The molecule has 1 unspecified atom stereocenters. The molecule has 0 saturated carbocycles. The molecule has 2 nitrogen and oxygen atoms in total. The number of piperidine rings is 1. The van der Waals surface area contributed by atoms with E-state index in [9.17, 15) is 5.11 Å². The van der Waals surface area contributed by atoms with Gasteiger partial charge in [0.05, 0.1) is 6.10 Å². The second kappa shape index (κ2) is 10.6. The minimum atomic E-state index is -0.191. The molecule has 3 atom stereocenters. The maximum atomic E-state index is 9.63. The number of rotatable bonds is 7. The number of hydrogen-bond acceptors (Lipinski definition) is 2. The molecule has 1 rings (SSSR count). The van der Waals surface area contributed by atoms with E-state index in [1.165, 1.54) is 0 Å². The first-order valence-corrected chi connectivity index (χ1v) is 7.83. The fourth-order valence-electron chi connectivity index (χ4n) is 2.24. The van der Waals surface area contributed by atoms with Gasteiger partial charge in [-0.15, -0.1) is 0 Å². The monoisotopic (exact) mass is 275 g/mol. The Balaban J connectivity index is 2.13. The Kier molecular flexibility index (Phi) is 9.01. The maximum absolute atomic E-state index is 9.63. The van der Waals surface area contributed by atoms with Crippen LogP contribution < -0.4 is 5.32 Å². The average molecular weight is 275 g/mol. The summed E-state index contributed by atoms with van der Waals surface area (Å²) in [5.41, 5.74) is 0. The summed E-state index contributed by atoms with van der Waals surface area (Å²) in [4.78, 5) is 0. The largest absolute Gasteiger partial charge is 0.392 e. The van der Waals surface area contributed by atoms with Gasteiger partial charge in [0.1, 0.15) is 0 Å². The van der Waals surface area contributed by atoms with Gasteiger partial charge in [-0.2, -0.15) is 0 Å². The van der Waals surface area contributed by atoms with Gasteiger partial charge in [-0.3, -0.25) is 0 Å². The highest BCUT2D eigenvalue weighted by Gasteiger charge is 2.22. The lowest BCUT2D eigenvalue weighted by Gasteiger charge is -2.31. The molecule has 0 bridgehead atoms. The summed E-state index contributed by atoms with van der Waals surface area (Å²) < 4.78 is 0. The molecule has 0 radical (unpaired) electrons. The number of allylic oxidation sites excluding steroid dienone is 7. The third-order valence-corrected chi connectivity index (χ3v) is 3.54. The van der Waals surface area contributed by atoms with Crippen molar-refractivity contribution in [1.29, 1.82) is 0 Å². The van der Waals surface area contributed by atoms with Gasteiger partial charge in [-0.05, 0) is 39.0 Å². The van der Waals surface area contributed by atoms with Gasteiger partial charge >= 0.3 is 0 Å². The molecule has 1 heterocycles. The van der Waals surface area contributed by atoms with E-state index in [-0.39, 0.29) is 12.1 Å². The molecule has 1 aliphatic rings. The van der Waals surface area contributed by atoms with Crippen molar-refractivity contribution in [2.45, 2.75) is 64.1 Å². The van der Waals surface area contributed by atoms with Gasteiger partial charge in [-0.1, -0.05) is 55.5 Å². The summed E-state index contributed by atoms with van der Waals surface area (Å²) in [5, 5.41) is 13.0. The smallest absolute Gasteiger partial charge is 0.0691 e. The van der Waals surface area contributed by atoms with Gasteiger partial charge in [0.15, 0.2) is 0 Å². The van der Waals surface area contributed by atoms with E-state index in [1.807, 2.05) is 6.92 Å². The highest BCUT2D eigenvalue weighted by atomic mass is 16.3. The van der Waals surface area contributed by atoms with Crippen molar-refractivity contribution < 1.29 is 5.11 Å². The predicted molar refractivity (Wildman–Crippen MR) is 87.7 cm³/mol. The number of unbranched alkanes of at least 4 members (excludes halogenated alkanes) is 1. The van der Waals surface area contributed by atoms with E-state index in [0.29, 0.717) is 6.04 Å². The summed E-state index contributed by atoms with van der Waals surface area (Å²) in [6.07, 6.45) is 22.2. The molecule has 0 amide bonds. The Labute approximate surface area is 124 Å². The standard InChI is InChI=1S/C18H29NO/c1-3-4-5-6-7-8-9-10-11-12-13-17-14-15-18(20)16(2)19-17/h4-7,10-13,16-20H,3,8-9,14-15H2,1-2H3/b5-4+,7-6+,11-10+,13-12+/t16-,17?,18+/m0/s1. The number of nitrogens with one attached hydrogen (secondary N) is 1. The van der Waals surface area contributed by atoms with Gasteiger partial charge < -0.3 is 10.4 Å². The van der Waals surface area contributed by atoms with Crippen LogP contribution >= 0.6 is 0 Å². The molecule has 2 heteroatoms. The molecule has 1 saturated heterocycles.